The number of methoxy groups -OCH3 is 2. The summed E-state index contributed by atoms with van der Waals surface area (Å²) in [7, 11) is 5.16. The van der Waals surface area contributed by atoms with Gasteiger partial charge in [-0.15, -0.1) is 34.2 Å². The maximum Gasteiger partial charge on any atom is 0.191 e. The number of aryl methyl sites for hydroxylation is 1. The van der Waals surface area contributed by atoms with Crippen LogP contribution in [0, 0.1) is 0 Å². The highest BCUT2D eigenvalue weighted by molar-refractivity contribution is 14.0. The van der Waals surface area contributed by atoms with E-state index in [0.29, 0.717) is 12.6 Å². The summed E-state index contributed by atoms with van der Waals surface area (Å²) in [6.07, 6.45) is 5.70. The molecule has 0 aliphatic carbocycles. The highest BCUT2D eigenvalue weighted by Crippen LogP contribution is 2.30. The van der Waals surface area contributed by atoms with Gasteiger partial charge >= 0.3 is 0 Å². The van der Waals surface area contributed by atoms with Crippen LogP contribution in [0.25, 0.3) is 0 Å². The standard InChI is InChI=1S/C22H33N7O2.HI/c1-23-22(24-14-21-27-26-20-7-5-4-6-9-29(20)21)25-16-8-10-28(15-16)17-11-18(30-2)13-19(12-17)31-3;/h11-13,16H,4-10,14-15H2,1-3H3,(H2,23,24,25);1H. The van der Waals surface area contributed by atoms with Crippen molar-refractivity contribution in [2.24, 2.45) is 4.99 Å². The number of hydrogen-bond donors (Lipinski definition) is 2. The van der Waals surface area contributed by atoms with Gasteiger partial charge < -0.3 is 29.6 Å². The van der Waals surface area contributed by atoms with Crippen molar-refractivity contribution in [3.63, 3.8) is 0 Å². The number of anilines is 1. The van der Waals surface area contributed by atoms with E-state index in [0.717, 1.165) is 67.3 Å². The number of halogens is 1. The number of aliphatic imine (C=N–C) groups is 1. The monoisotopic (exact) mass is 555 g/mol. The number of nitrogens with one attached hydrogen (secondary N) is 2. The van der Waals surface area contributed by atoms with E-state index in [4.69, 9.17) is 9.47 Å². The van der Waals surface area contributed by atoms with Crippen molar-refractivity contribution in [2.75, 3.05) is 39.3 Å². The second-order valence-corrected chi connectivity index (χ2v) is 8.07. The lowest BCUT2D eigenvalue weighted by Crippen LogP contribution is -2.44. The third-order valence-electron chi connectivity index (χ3n) is 6.05. The Morgan fingerprint density at radius 1 is 1.09 bits per heavy atom. The topological polar surface area (TPSA) is 88.8 Å². The van der Waals surface area contributed by atoms with E-state index in [9.17, 15) is 0 Å². The van der Waals surface area contributed by atoms with Crippen LogP contribution in [0.15, 0.2) is 23.2 Å². The normalized spacial score (nSPS) is 18.4. The van der Waals surface area contributed by atoms with Crippen LogP contribution in [-0.4, -0.2) is 61.1 Å². The van der Waals surface area contributed by atoms with E-state index in [1.807, 2.05) is 6.07 Å². The summed E-state index contributed by atoms with van der Waals surface area (Å²) in [6.45, 7) is 3.48. The summed E-state index contributed by atoms with van der Waals surface area (Å²) in [5, 5.41) is 15.8. The lowest BCUT2D eigenvalue weighted by atomic mass is 10.2. The van der Waals surface area contributed by atoms with Crippen molar-refractivity contribution in [3.05, 3.63) is 29.8 Å². The van der Waals surface area contributed by atoms with Gasteiger partial charge in [-0.1, -0.05) is 6.42 Å². The van der Waals surface area contributed by atoms with Crippen molar-refractivity contribution in [2.45, 2.75) is 51.2 Å². The molecule has 10 heteroatoms. The summed E-state index contributed by atoms with van der Waals surface area (Å²) < 4.78 is 13.1. The maximum absolute atomic E-state index is 5.42. The van der Waals surface area contributed by atoms with Crippen LogP contribution in [-0.2, 0) is 19.5 Å². The van der Waals surface area contributed by atoms with Crippen molar-refractivity contribution >= 4 is 35.6 Å². The Bertz CT molecular complexity index is 895. The molecule has 9 nitrogen and oxygen atoms in total. The van der Waals surface area contributed by atoms with E-state index in [-0.39, 0.29) is 24.0 Å². The molecule has 2 aliphatic heterocycles. The fourth-order valence-electron chi connectivity index (χ4n) is 4.31. The molecule has 0 radical (unpaired) electrons. The fraction of sp³-hybridized carbons (Fsp3) is 0.591. The molecule has 3 heterocycles. The lowest BCUT2D eigenvalue weighted by Gasteiger charge is -2.21. The Labute approximate surface area is 207 Å². The van der Waals surface area contributed by atoms with Gasteiger partial charge in [0.2, 0.25) is 0 Å². The molecule has 0 amide bonds. The van der Waals surface area contributed by atoms with E-state index >= 15 is 0 Å². The smallest absolute Gasteiger partial charge is 0.191 e. The van der Waals surface area contributed by atoms with E-state index in [1.54, 1.807) is 21.3 Å². The van der Waals surface area contributed by atoms with Crippen LogP contribution >= 0.6 is 24.0 Å². The van der Waals surface area contributed by atoms with Crippen molar-refractivity contribution in [1.29, 1.82) is 0 Å². The molecule has 0 saturated carbocycles. The van der Waals surface area contributed by atoms with Gasteiger partial charge in [-0.2, -0.15) is 0 Å². The van der Waals surface area contributed by atoms with Crippen LogP contribution in [0.2, 0.25) is 0 Å². The predicted octanol–water partition coefficient (Wildman–Crippen LogP) is 2.58. The third kappa shape index (κ3) is 5.76. The summed E-state index contributed by atoms with van der Waals surface area (Å²) in [5.41, 5.74) is 1.11. The molecule has 1 unspecified atom stereocenters. The van der Waals surface area contributed by atoms with Gasteiger partial charge in [0.25, 0.3) is 0 Å². The number of guanidine groups is 1. The third-order valence-corrected chi connectivity index (χ3v) is 6.05. The highest BCUT2D eigenvalue weighted by atomic mass is 127. The van der Waals surface area contributed by atoms with E-state index < -0.39 is 0 Å². The zero-order valence-electron chi connectivity index (χ0n) is 19.1. The molecule has 0 bridgehead atoms. The minimum absolute atomic E-state index is 0. The molecular weight excluding hydrogens is 521 g/mol. The van der Waals surface area contributed by atoms with Crippen LogP contribution in [0.1, 0.15) is 37.3 Å². The molecule has 1 aromatic carbocycles. The first-order valence-electron chi connectivity index (χ1n) is 11.1. The molecule has 2 N–H and O–H groups in total. The summed E-state index contributed by atoms with van der Waals surface area (Å²) in [5.74, 6) is 4.49. The largest absolute Gasteiger partial charge is 0.497 e. The quantitative estimate of drug-likeness (QED) is 0.322. The minimum Gasteiger partial charge on any atom is -0.497 e. The minimum atomic E-state index is 0. The molecular formula is C22H34IN7O2. The zero-order chi connectivity index (χ0) is 21.6. The number of benzene rings is 1. The first kappa shape index (κ1) is 24.4. The average Bonchev–Trinajstić information content (AvgIpc) is 3.36. The first-order chi connectivity index (χ1) is 15.2. The number of ether oxygens (including phenoxy) is 2. The zero-order valence-corrected chi connectivity index (χ0v) is 21.5. The highest BCUT2D eigenvalue weighted by Gasteiger charge is 2.24. The Morgan fingerprint density at radius 3 is 2.59 bits per heavy atom. The van der Waals surface area contributed by atoms with Gasteiger partial charge in [-0.25, -0.2) is 0 Å². The molecule has 1 saturated heterocycles. The number of nitrogens with zero attached hydrogens (tertiary/aromatic N) is 5. The SMILES string of the molecule is CN=C(NCc1nnc2n1CCCCC2)NC1CCN(c2cc(OC)cc(OC)c2)C1.I. The van der Waals surface area contributed by atoms with Gasteiger partial charge in [-0.05, 0) is 19.3 Å². The van der Waals surface area contributed by atoms with Gasteiger partial charge in [0.15, 0.2) is 11.8 Å². The average molecular weight is 555 g/mol. The number of aromatic nitrogens is 3. The predicted molar refractivity (Wildman–Crippen MR) is 136 cm³/mol. The summed E-state index contributed by atoms with van der Waals surface area (Å²) in [6, 6.07) is 6.30. The van der Waals surface area contributed by atoms with Gasteiger partial charge in [0.05, 0.1) is 20.8 Å². The molecule has 2 aliphatic rings. The molecule has 1 fully saturated rings. The molecule has 2 aromatic rings. The van der Waals surface area contributed by atoms with Crippen molar-refractivity contribution in [1.82, 2.24) is 25.4 Å². The molecule has 1 atom stereocenters. The maximum atomic E-state index is 5.42. The van der Waals surface area contributed by atoms with Crippen molar-refractivity contribution < 1.29 is 9.47 Å². The van der Waals surface area contributed by atoms with E-state index in [1.165, 1.54) is 19.3 Å². The number of fused-ring (bicyclic) bond motifs is 1. The van der Waals surface area contributed by atoms with Gasteiger partial charge in [-0.3, -0.25) is 4.99 Å². The Balaban J connectivity index is 0.00000289. The Kier molecular flexibility index (Phi) is 8.83. The second kappa shape index (κ2) is 11.6. The number of hydrogen-bond acceptors (Lipinski definition) is 6. The number of rotatable bonds is 6. The Morgan fingerprint density at radius 2 is 1.88 bits per heavy atom. The fourth-order valence-corrected chi connectivity index (χ4v) is 4.31. The summed E-state index contributed by atoms with van der Waals surface area (Å²) >= 11 is 0. The van der Waals surface area contributed by atoms with Gasteiger partial charge in [0.1, 0.15) is 17.3 Å². The van der Waals surface area contributed by atoms with Crippen molar-refractivity contribution in [3.8, 4) is 11.5 Å². The second-order valence-electron chi connectivity index (χ2n) is 8.07. The first-order valence-corrected chi connectivity index (χ1v) is 11.1. The van der Waals surface area contributed by atoms with Crippen LogP contribution in [0.3, 0.4) is 0 Å². The van der Waals surface area contributed by atoms with E-state index in [2.05, 4.69) is 47.4 Å². The van der Waals surface area contributed by atoms with Crippen LogP contribution < -0.4 is 25.0 Å². The molecule has 1 aromatic heterocycles. The Hall–Kier alpha value is -2.24. The molecule has 4 rings (SSSR count). The molecule has 176 valence electrons. The van der Waals surface area contributed by atoms with Crippen LogP contribution in [0.5, 0.6) is 11.5 Å². The van der Waals surface area contributed by atoms with Crippen LogP contribution in [0.4, 0.5) is 5.69 Å². The molecule has 0 spiro atoms. The molecule has 32 heavy (non-hydrogen) atoms. The lowest BCUT2D eigenvalue weighted by molar-refractivity contribution is 0.394. The summed E-state index contributed by atoms with van der Waals surface area (Å²) in [4.78, 5) is 6.75. The van der Waals surface area contributed by atoms with Gasteiger partial charge in [0, 0.05) is 63.0 Å².